The van der Waals surface area contributed by atoms with Crippen LogP contribution in [0.15, 0.2) is 42.5 Å². The molecule has 4 heteroatoms. The van der Waals surface area contributed by atoms with Gasteiger partial charge in [-0.05, 0) is 42.3 Å². The molecule has 0 saturated carbocycles. The van der Waals surface area contributed by atoms with Gasteiger partial charge in [0, 0.05) is 11.6 Å². The van der Waals surface area contributed by atoms with E-state index in [1.807, 2.05) is 25.1 Å². The smallest absolute Gasteiger partial charge is 0.146 e. The third kappa shape index (κ3) is 3.25. The molecule has 0 aliphatic carbocycles. The first-order valence-corrected chi connectivity index (χ1v) is 6.47. The number of halogens is 2. The van der Waals surface area contributed by atoms with Gasteiger partial charge in [0.05, 0.1) is 11.7 Å². The minimum atomic E-state index is -0.285. The summed E-state index contributed by atoms with van der Waals surface area (Å²) in [6, 6.07) is 12.0. The molecule has 0 fully saturated rings. The molecular formula is C15H16ClFN2. The predicted molar refractivity (Wildman–Crippen MR) is 78.0 cm³/mol. The van der Waals surface area contributed by atoms with Crippen molar-refractivity contribution in [2.45, 2.75) is 13.0 Å². The molecule has 0 aliphatic rings. The predicted octanol–water partition coefficient (Wildman–Crippen LogP) is 3.90. The van der Waals surface area contributed by atoms with E-state index in [1.165, 1.54) is 6.07 Å². The van der Waals surface area contributed by atoms with Gasteiger partial charge in [0.2, 0.25) is 0 Å². The number of nitrogens with one attached hydrogen (secondary N) is 1. The summed E-state index contributed by atoms with van der Waals surface area (Å²) in [4.78, 5) is 0. The topological polar surface area (TPSA) is 38.0 Å². The van der Waals surface area contributed by atoms with Crippen LogP contribution in [0.3, 0.4) is 0 Å². The van der Waals surface area contributed by atoms with E-state index in [-0.39, 0.29) is 11.9 Å². The Morgan fingerprint density at radius 2 is 2.00 bits per heavy atom. The van der Waals surface area contributed by atoms with Crippen LogP contribution in [0.25, 0.3) is 0 Å². The van der Waals surface area contributed by atoms with Crippen molar-refractivity contribution >= 4 is 17.3 Å². The monoisotopic (exact) mass is 278 g/mol. The maximum atomic E-state index is 13.6. The van der Waals surface area contributed by atoms with Gasteiger partial charge >= 0.3 is 0 Å². The minimum absolute atomic E-state index is 0.144. The zero-order valence-corrected chi connectivity index (χ0v) is 11.4. The number of nitrogens with two attached hydrogens (primary N) is 1. The molecule has 3 N–H and O–H groups in total. The van der Waals surface area contributed by atoms with Crippen molar-refractivity contribution in [3.8, 4) is 0 Å². The quantitative estimate of drug-likeness (QED) is 0.890. The number of hydrogen-bond acceptors (Lipinski definition) is 2. The van der Waals surface area contributed by atoms with Gasteiger partial charge in [-0.25, -0.2) is 4.39 Å². The van der Waals surface area contributed by atoms with E-state index in [1.54, 1.807) is 18.2 Å². The summed E-state index contributed by atoms with van der Waals surface area (Å²) in [7, 11) is 0. The Morgan fingerprint density at radius 3 is 2.63 bits per heavy atom. The Kier molecular flexibility index (Phi) is 4.40. The number of hydrogen-bond donors (Lipinski definition) is 2. The average Bonchev–Trinajstić information content (AvgIpc) is 2.39. The Balaban J connectivity index is 2.28. The molecule has 1 atom stereocenters. The second-order valence-electron chi connectivity index (χ2n) is 4.41. The van der Waals surface area contributed by atoms with Gasteiger partial charge in [-0.1, -0.05) is 29.8 Å². The molecule has 0 saturated heterocycles. The maximum Gasteiger partial charge on any atom is 0.146 e. The molecule has 2 aromatic carbocycles. The van der Waals surface area contributed by atoms with Gasteiger partial charge in [-0.15, -0.1) is 0 Å². The number of rotatable bonds is 4. The molecular weight excluding hydrogens is 263 g/mol. The van der Waals surface area contributed by atoms with E-state index in [0.29, 0.717) is 17.3 Å². The molecule has 0 heterocycles. The lowest BCUT2D eigenvalue weighted by Gasteiger charge is -2.21. The summed E-state index contributed by atoms with van der Waals surface area (Å²) in [5.41, 5.74) is 8.30. The lowest BCUT2D eigenvalue weighted by molar-refractivity contribution is 0.625. The molecule has 0 radical (unpaired) electrons. The van der Waals surface area contributed by atoms with Crippen LogP contribution in [0.2, 0.25) is 5.02 Å². The van der Waals surface area contributed by atoms with Gasteiger partial charge < -0.3 is 11.1 Å². The summed E-state index contributed by atoms with van der Waals surface area (Å²) in [5.74, 6) is -0.285. The highest BCUT2D eigenvalue weighted by Crippen LogP contribution is 2.25. The number of benzene rings is 2. The van der Waals surface area contributed by atoms with Crippen molar-refractivity contribution in [1.82, 2.24) is 0 Å². The van der Waals surface area contributed by atoms with Crippen molar-refractivity contribution in [2.24, 2.45) is 5.73 Å². The first-order chi connectivity index (χ1) is 9.11. The third-order valence-electron chi connectivity index (χ3n) is 3.05. The number of para-hydroxylation sites is 1. The fraction of sp³-hybridized carbons (Fsp3) is 0.200. The molecule has 2 nitrogen and oxygen atoms in total. The SMILES string of the molecule is Cc1cc(Cl)ccc1C(CN)Nc1ccccc1F. The standard InChI is InChI=1S/C15H16ClFN2/c1-10-8-11(16)6-7-12(10)15(9-18)19-14-5-3-2-4-13(14)17/h2-8,15,19H,9,18H2,1H3. The van der Waals surface area contributed by atoms with Crippen LogP contribution in [-0.4, -0.2) is 6.54 Å². The number of anilines is 1. The third-order valence-corrected chi connectivity index (χ3v) is 3.28. The summed E-state index contributed by atoms with van der Waals surface area (Å²) in [5, 5.41) is 3.81. The van der Waals surface area contributed by atoms with Gasteiger partial charge in [0.25, 0.3) is 0 Å². The van der Waals surface area contributed by atoms with Gasteiger partial charge in [-0.2, -0.15) is 0 Å². The van der Waals surface area contributed by atoms with Crippen molar-refractivity contribution < 1.29 is 4.39 Å². The van der Waals surface area contributed by atoms with E-state index in [0.717, 1.165) is 11.1 Å². The number of aryl methyl sites for hydroxylation is 1. The van der Waals surface area contributed by atoms with Crippen molar-refractivity contribution in [2.75, 3.05) is 11.9 Å². The molecule has 100 valence electrons. The minimum Gasteiger partial charge on any atom is -0.375 e. The molecule has 0 aliphatic heterocycles. The highest BCUT2D eigenvalue weighted by atomic mass is 35.5. The normalized spacial score (nSPS) is 12.2. The van der Waals surface area contributed by atoms with E-state index >= 15 is 0 Å². The largest absolute Gasteiger partial charge is 0.375 e. The molecule has 0 aromatic heterocycles. The second kappa shape index (κ2) is 6.04. The van der Waals surface area contributed by atoms with Gasteiger partial charge in [0.15, 0.2) is 0 Å². The van der Waals surface area contributed by atoms with Crippen LogP contribution < -0.4 is 11.1 Å². The van der Waals surface area contributed by atoms with Crippen LogP contribution in [0.1, 0.15) is 17.2 Å². The van der Waals surface area contributed by atoms with Crippen LogP contribution >= 0.6 is 11.6 Å². The zero-order valence-electron chi connectivity index (χ0n) is 10.7. The van der Waals surface area contributed by atoms with E-state index in [2.05, 4.69) is 5.32 Å². The summed E-state index contributed by atoms with van der Waals surface area (Å²) in [6.45, 7) is 2.34. The Labute approximate surface area is 117 Å². The maximum absolute atomic E-state index is 13.6. The van der Waals surface area contributed by atoms with Crippen molar-refractivity contribution in [3.63, 3.8) is 0 Å². The fourth-order valence-electron chi connectivity index (χ4n) is 2.06. The average molecular weight is 279 g/mol. The summed E-state index contributed by atoms with van der Waals surface area (Å²) >= 11 is 5.94. The zero-order chi connectivity index (χ0) is 13.8. The first kappa shape index (κ1) is 13.8. The highest BCUT2D eigenvalue weighted by molar-refractivity contribution is 6.30. The lowest BCUT2D eigenvalue weighted by Crippen LogP contribution is -2.22. The highest BCUT2D eigenvalue weighted by Gasteiger charge is 2.13. The molecule has 19 heavy (non-hydrogen) atoms. The fourth-order valence-corrected chi connectivity index (χ4v) is 2.29. The second-order valence-corrected chi connectivity index (χ2v) is 4.85. The van der Waals surface area contributed by atoms with E-state index < -0.39 is 0 Å². The van der Waals surface area contributed by atoms with Crippen molar-refractivity contribution in [3.05, 3.63) is 64.4 Å². The van der Waals surface area contributed by atoms with Crippen LogP contribution in [0.5, 0.6) is 0 Å². The van der Waals surface area contributed by atoms with E-state index in [9.17, 15) is 4.39 Å². The molecule has 0 bridgehead atoms. The molecule has 0 amide bonds. The van der Waals surface area contributed by atoms with Gasteiger partial charge in [0.1, 0.15) is 5.82 Å². The van der Waals surface area contributed by atoms with Crippen LogP contribution in [-0.2, 0) is 0 Å². The first-order valence-electron chi connectivity index (χ1n) is 6.09. The Bertz CT molecular complexity index is 572. The molecule has 2 aromatic rings. The van der Waals surface area contributed by atoms with E-state index in [4.69, 9.17) is 17.3 Å². The van der Waals surface area contributed by atoms with Crippen LogP contribution in [0, 0.1) is 12.7 Å². The summed E-state index contributed by atoms with van der Waals surface area (Å²) < 4.78 is 13.6. The van der Waals surface area contributed by atoms with Crippen molar-refractivity contribution in [1.29, 1.82) is 0 Å². The van der Waals surface area contributed by atoms with Gasteiger partial charge in [-0.3, -0.25) is 0 Å². The molecule has 2 rings (SSSR count). The van der Waals surface area contributed by atoms with Crippen LogP contribution in [0.4, 0.5) is 10.1 Å². The Hall–Kier alpha value is -1.58. The molecule has 0 spiro atoms. The molecule has 1 unspecified atom stereocenters. The summed E-state index contributed by atoms with van der Waals surface area (Å²) in [6.07, 6.45) is 0. The Morgan fingerprint density at radius 1 is 1.26 bits per heavy atom. The lowest BCUT2D eigenvalue weighted by atomic mass is 10.0.